The minimum Gasteiger partial charge on any atom is -0.477 e. The molecule has 3 N–H and O–H groups in total. The summed E-state index contributed by atoms with van der Waals surface area (Å²) in [7, 11) is 0. The van der Waals surface area contributed by atoms with Crippen LogP contribution in [-0.2, 0) is 4.79 Å². The molecule has 0 heterocycles. The number of nitrogens with two attached hydrogens (primary N) is 1. The number of nitrogens with zero attached hydrogens (tertiary/aromatic N) is 2. The fraction of sp³-hybridized carbons (Fsp3) is 0.333. The van der Waals surface area contributed by atoms with Gasteiger partial charge in [-0.05, 0) is 19.9 Å². The number of primary amides is 1. The Labute approximate surface area is 119 Å². The first-order valence-electron chi connectivity index (χ1n) is 5.91. The summed E-state index contributed by atoms with van der Waals surface area (Å²) in [5, 5.41) is 19.8. The summed E-state index contributed by atoms with van der Waals surface area (Å²) in [6.45, 7) is 2.94. The minimum atomic E-state index is -1.56. The van der Waals surface area contributed by atoms with Crippen molar-refractivity contribution in [3.05, 3.63) is 33.6 Å². The number of halogens is 1. The Morgan fingerprint density at radius 1 is 1.48 bits per heavy atom. The number of benzene rings is 1. The van der Waals surface area contributed by atoms with Crippen molar-refractivity contribution in [1.82, 2.24) is 0 Å². The van der Waals surface area contributed by atoms with Crippen LogP contribution in [0.5, 0.6) is 0 Å². The van der Waals surface area contributed by atoms with E-state index in [-0.39, 0.29) is 18.3 Å². The molecule has 0 fully saturated rings. The molecular weight excluding hydrogens is 285 g/mol. The molecule has 9 heteroatoms. The smallest absolute Gasteiger partial charge is 0.342 e. The molecule has 0 unspecified atom stereocenters. The van der Waals surface area contributed by atoms with E-state index in [1.807, 2.05) is 0 Å². The Morgan fingerprint density at radius 2 is 2.05 bits per heavy atom. The number of carbonyl (C=O) groups is 2. The molecule has 0 bridgehead atoms. The van der Waals surface area contributed by atoms with Gasteiger partial charge in [-0.1, -0.05) is 0 Å². The lowest BCUT2D eigenvalue weighted by atomic mass is 10.1. The number of hydrogen-bond donors (Lipinski definition) is 2. The molecule has 0 saturated carbocycles. The van der Waals surface area contributed by atoms with Gasteiger partial charge in [-0.25, -0.2) is 9.18 Å². The summed E-state index contributed by atoms with van der Waals surface area (Å²) in [6.07, 6.45) is 0. The molecule has 0 aliphatic carbocycles. The van der Waals surface area contributed by atoms with Gasteiger partial charge in [-0.3, -0.25) is 14.9 Å². The second-order valence-corrected chi connectivity index (χ2v) is 4.57. The molecule has 1 aromatic carbocycles. The summed E-state index contributed by atoms with van der Waals surface area (Å²) in [4.78, 5) is 33.1. The Morgan fingerprint density at radius 3 is 2.43 bits per heavy atom. The highest BCUT2D eigenvalue weighted by molar-refractivity contribution is 5.94. The van der Waals surface area contributed by atoms with Crippen LogP contribution < -0.4 is 10.6 Å². The number of hydrogen-bond acceptors (Lipinski definition) is 5. The molecular formula is C12H14FN3O5. The highest BCUT2D eigenvalue weighted by Crippen LogP contribution is 2.29. The first-order chi connectivity index (χ1) is 9.65. The summed E-state index contributed by atoms with van der Waals surface area (Å²) in [6, 6.07) is 0.989. The third kappa shape index (κ3) is 3.65. The van der Waals surface area contributed by atoms with Crippen LogP contribution in [-0.4, -0.2) is 34.5 Å². The van der Waals surface area contributed by atoms with Crippen molar-refractivity contribution >= 4 is 23.3 Å². The predicted octanol–water partition coefficient (Wildman–Crippen LogP) is 1.13. The van der Waals surface area contributed by atoms with E-state index in [0.717, 1.165) is 6.07 Å². The average molecular weight is 299 g/mol. The second kappa shape index (κ2) is 6.16. The van der Waals surface area contributed by atoms with Gasteiger partial charge >= 0.3 is 5.97 Å². The fourth-order valence-corrected chi connectivity index (χ4v) is 1.81. The number of nitro benzene ring substituents is 1. The maximum absolute atomic E-state index is 14.0. The number of carboxylic acid groups (broad SMARTS) is 1. The van der Waals surface area contributed by atoms with Gasteiger partial charge in [0.05, 0.1) is 23.2 Å². The molecule has 1 amide bonds. The molecule has 114 valence electrons. The zero-order chi connectivity index (χ0) is 16.3. The molecule has 0 aromatic heterocycles. The number of anilines is 1. The number of carbonyl (C=O) groups excluding carboxylic acids is 1. The summed E-state index contributed by atoms with van der Waals surface area (Å²) in [5.74, 6) is -3.30. The number of nitro groups is 1. The maximum atomic E-state index is 14.0. The SMILES string of the molecule is CC(C)N(CC(N)=O)c1cc(C(=O)O)c([N+](=O)[O-])cc1F. The largest absolute Gasteiger partial charge is 0.477 e. The van der Waals surface area contributed by atoms with Crippen LogP contribution in [0.4, 0.5) is 15.8 Å². The summed E-state index contributed by atoms with van der Waals surface area (Å²) in [5.41, 5.74) is 3.32. The molecule has 0 saturated heterocycles. The van der Waals surface area contributed by atoms with E-state index in [1.165, 1.54) is 4.90 Å². The molecule has 8 nitrogen and oxygen atoms in total. The topological polar surface area (TPSA) is 127 Å². The Balaban J connectivity index is 3.48. The number of aromatic carboxylic acids is 1. The Bertz CT molecular complexity index is 603. The lowest BCUT2D eigenvalue weighted by molar-refractivity contribution is -0.385. The second-order valence-electron chi connectivity index (χ2n) is 4.57. The van der Waals surface area contributed by atoms with Gasteiger partial charge in [0.2, 0.25) is 5.91 Å². The number of carboxylic acids is 1. The monoisotopic (exact) mass is 299 g/mol. The number of amides is 1. The molecule has 21 heavy (non-hydrogen) atoms. The van der Waals surface area contributed by atoms with Crippen molar-refractivity contribution in [3.63, 3.8) is 0 Å². The van der Waals surface area contributed by atoms with Crippen LogP contribution in [0.2, 0.25) is 0 Å². The van der Waals surface area contributed by atoms with Gasteiger partial charge in [0, 0.05) is 6.04 Å². The summed E-state index contributed by atoms with van der Waals surface area (Å²) >= 11 is 0. The highest BCUT2D eigenvalue weighted by atomic mass is 19.1. The van der Waals surface area contributed by atoms with Crippen LogP contribution in [0, 0.1) is 15.9 Å². The quantitative estimate of drug-likeness (QED) is 0.599. The predicted molar refractivity (Wildman–Crippen MR) is 71.7 cm³/mol. The first-order valence-corrected chi connectivity index (χ1v) is 5.91. The van der Waals surface area contributed by atoms with Crippen LogP contribution in [0.25, 0.3) is 0 Å². The van der Waals surface area contributed by atoms with Crippen molar-refractivity contribution in [2.24, 2.45) is 5.73 Å². The Hall–Kier alpha value is -2.71. The Kier molecular flexibility index (Phi) is 4.79. The molecule has 0 spiro atoms. The molecule has 0 radical (unpaired) electrons. The summed E-state index contributed by atoms with van der Waals surface area (Å²) < 4.78 is 14.0. The van der Waals surface area contributed by atoms with E-state index >= 15 is 0 Å². The van der Waals surface area contributed by atoms with Crippen molar-refractivity contribution in [2.75, 3.05) is 11.4 Å². The van der Waals surface area contributed by atoms with E-state index in [0.29, 0.717) is 6.07 Å². The highest BCUT2D eigenvalue weighted by Gasteiger charge is 2.26. The minimum absolute atomic E-state index is 0.230. The molecule has 1 rings (SSSR count). The molecule has 0 atom stereocenters. The van der Waals surface area contributed by atoms with E-state index < -0.39 is 33.9 Å². The standard InChI is InChI=1S/C12H14FN3O5/c1-6(2)15(5-11(14)17)10-3-7(12(18)19)9(16(20)21)4-8(10)13/h3-4,6H,5H2,1-2H3,(H2,14,17)(H,18,19). The van der Waals surface area contributed by atoms with Gasteiger partial charge in [-0.15, -0.1) is 0 Å². The van der Waals surface area contributed by atoms with Crippen molar-refractivity contribution in [1.29, 1.82) is 0 Å². The third-order valence-corrected chi connectivity index (χ3v) is 2.75. The zero-order valence-corrected chi connectivity index (χ0v) is 11.4. The van der Waals surface area contributed by atoms with Gasteiger partial charge in [0.25, 0.3) is 5.69 Å². The lowest BCUT2D eigenvalue weighted by Gasteiger charge is -2.28. The maximum Gasteiger partial charge on any atom is 0.342 e. The van der Waals surface area contributed by atoms with Gasteiger partial charge < -0.3 is 15.7 Å². The van der Waals surface area contributed by atoms with E-state index in [9.17, 15) is 24.1 Å². The van der Waals surface area contributed by atoms with Crippen LogP contribution in [0.1, 0.15) is 24.2 Å². The molecule has 1 aromatic rings. The van der Waals surface area contributed by atoms with Crippen LogP contribution >= 0.6 is 0 Å². The van der Waals surface area contributed by atoms with Crippen molar-refractivity contribution in [3.8, 4) is 0 Å². The fourth-order valence-electron chi connectivity index (χ4n) is 1.81. The first kappa shape index (κ1) is 16.3. The van der Waals surface area contributed by atoms with Crippen molar-refractivity contribution in [2.45, 2.75) is 19.9 Å². The molecule has 0 aliphatic heterocycles. The van der Waals surface area contributed by atoms with E-state index in [1.54, 1.807) is 13.8 Å². The van der Waals surface area contributed by atoms with Gasteiger partial charge in [-0.2, -0.15) is 0 Å². The van der Waals surface area contributed by atoms with Crippen LogP contribution in [0.3, 0.4) is 0 Å². The zero-order valence-electron chi connectivity index (χ0n) is 11.4. The van der Waals surface area contributed by atoms with E-state index in [2.05, 4.69) is 0 Å². The van der Waals surface area contributed by atoms with E-state index in [4.69, 9.17) is 10.8 Å². The third-order valence-electron chi connectivity index (χ3n) is 2.75. The normalized spacial score (nSPS) is 10.5. The van der Waals surface area contributed by atoms with Crippen LogP contribution in [0.15, 0.2) is 12.1 Å². The average Bonchev–Trinajstić information content (AvgIpc) is 2.34. The molecule has 0 aliphatic rings. The lowest BCUT2D eigenvalue weighted by Crippen LogP contribution is -2.39. The van der Waals surface area contributed by atoms with Gasteiger partial charge in [0.15, 0.2) is 5.82 Å². The van der Waals surface area contributed by atoms with Crippen molar-refractivity contribution < 1.29 is 24.0 Å². The number of rotatable bonds is 6. The van der Waals surface area contributed by atoms with Gasteiger partial charge in [0.1, 0.15) is 5.56 Å².